The lowest BCUT2D eigenvalue weighted by Gasteiger charge is -2.11. The summed E-state index contributed by atoms with van der Waals surface area (Å²) >= 11 is 0. The van der Waals surface area contributed by atoms with E-state index in [1.807, 2.05) is 0 Å². The van der Waals surface area contributed by atoms with Gasteiger partial charge in [0.1, 0.15) is 23.3 Å². The van der Waals surface area contributed by atoms with Crippen molar-refractivity contribution < 1.29 is 17.9 Å². The van der Waals surface area contributed by atoms with E-state index in [0.717, 1.165) is 32.1 Å². The molecule has 0 unspecified atom stereocenters. The first kappa shape index (κ1) is 17.8. The van der Waals surface area contributed by atoms with Gasteiger partial charge in [-0.3, -0.25) is 0 Å². The van der Waals surface area contributed by atoms with E-state index in [0.29, 0.717) is 6.42 Å². The highest BCUT2D eigenvalue weighted by Gasteiger charge is 2.26. The Hall–Kier alpha value is -2.21. The lowest BCUT2D eigenvalue weighted by molar-refractivity contribution is 0.269. The summed E-state index contributed by atoms with van der Waals surface area (Å²) in [4.78, 5) is 0. The van der Waals surface area contributed by atoms with E-state index in [9.17, 15) is 13.2 Å². The van der Waals surface area contributed by atoms with Crippen molar-refractivity contribution in [1.82, 2.24) is 0 Å². The molecule has 0 aliphatic carbocycles. The van der Waals surface area contributed by atoms with E-state index in [-0.39, 0.29) is 6.61 Å². The molecule has 0 radical (unpaired) electrons. The van der Waals surface area contributed by atoms with Crippen LogP contribution in [0.15, 0.2) is 0 Å². The molecule has 118 valence electrons. The molecule has 0 saturated carbocycles. The summed E-state index contributed by atoms with van der Waals surface area (Å²) in [6.45, 7) is 2.12. The van der Waals surface area contributed by atoms with Crippen LogP contribution in [0, 0.1) is 40.1 Å². The third kappa shape index (κ3) is 4.14. The number of nitrogens with zero attached hydrogens (tertiary/aromatic N) is 2. The molecule has 1 aromatic rings. The highest BCUT2D eigenvalue weighted by atomic mass is 19.2. The van der Waals surface area contributed by atoms with Crippen molar-refractivity contribution in [3.8, 4) is 17.9 Å². The highest BCUT2D eigenvalue weighted by molar-refractivity contribution is 5.52. The molecule has 0 aromatic heterocycles. The topological polar surface area (TPSA) is 56.8 Å². The van der Waals surface area contributed by atoms with Crippen LogP contribution in [0.25, 0.3) is 0 Å². The van der Waals surface area contributed by atoms with Crippen LogP contribution in [0.2, 0.25) is 0 Å². The van der Waals surface area contributed by atoms with E-state index in [1.165, 1.54) is 12.1 Å². The Morgan fingerprint density at radius 1 is 0.818 bits per heavy atom. The summed E-state index contributed by atoms with van der Waals surface area (Å²) in [5.74, 6) is -5.39. The fourth-order valence-electron chi connectivity index (χ4n) is 2.03. The molecular formula is C16H17F3N2O. The molecule has 3 nitrogen and oxygen atoms in total. The van der Waals surface area contributed by atoms with Gasteiger partial charge < -0.3 is 4.74 Å². The van der Waals surface area contributed by atoms with Gasteiger partial charge in [0.25, 0.3) is 0 Å². The number of benzene rings is 1. The van der Waals surface area contributed by atoms with Crippen LogP contribution in [0.5, 0.6) is 5.75 Å². The van der Waals surface area contributed by atoms with Crippen LogP contribution in [-0.2, 0) is 0 Å². The molecule has 1 aromatic carbocycles. The monoisotopic (exact) mass is 310 g/mol. The van der Waals surface area contributed by atoms with Crippen molar-refractivity contribution in [3.63, 3.8) is 0 Å². The van der Waals surface area contributed by atoms with Crippen LogP contribution >= 0.6 is 0 Å². The average molecular weight is 310 g/mol. The maximum Gasteiger partial charge on any atom is 0.205 e. The summed E-state index contributed by atoms with van der Waals surface area (Å²) in [5, 5.41) is 17.4. The number of unbranched alkanes of at least 4 members (excludes halogenated alkanes) is 5. The van der Waals surface area contributed by atoms with Crippen LogP contribution in [0.3, 0.4) is 0 Å². The van der Waals surface area contributed by atoms with Gasteiger partial charge >= 0.3 is 0 Å². The first-order chi connectivity index (χ1) is 10.6. The SMILES string of the molecule is CCCCCCCCOc1c(F)c(F)c(C#N)c(C#N)c1F. The van der Waals surface area contributed by atoms with Crippen LogP contribution in [0.1, 0.15) is 56.6 Å². The Balaban J connectivity index is 2.74. The van der Waals surface area contributed by atoms with Crippen LogP contribution in [-0.4, -0.2) is 6.61 Å². The summed E-state index contributed by atoms with van der Waals surface area (Å²) in [5.41, 5.74) is -1.77. The van der Waals surface area contributed by atoms with E-state index >= 15 is 0 Å². The highest BCUT2D eigenvalue weighted by Crippen LogP contribution is 2.30. The van der Waals surface area contributed by atoms with Gasteiger partial charge in [-0.1, -0.05) is 39.0 Å². The normalized spacial score (nSPS) is 10.1. The molecule has 1 rings (SSSR count). The van der Waals surface area contributed by atoms with Crippen molar-refractivity contribution in [2.75, 3.05) is 6.61 Å². The lowest BCUT2D eigenvalue weighted by atomic mass is 10.1. The molecular weight excluding hydrogens is 293 g/mol. The molecule has 0 bridgehead atoms. The quantitative estimate of drug-likeness (QED) is 0.521. The van der Waals surface area contributed by atoms with Crippen molar-refractivity contribution in [3.05, 3.63) is 28.6 Å². The third-order valence-corrected chi connectivity index (χ3v) is 3.25. The molecule has 22 heavy (non-hydrogen) atoms. The average Bonchev–Trinajstić information content (AvgIpc) is 2.52. The molecule has 0 atom stereocenters. The first-order valence-corrected chi connectivity index (χ1v) is 7.21. The largest absolute Gasteiger partial charge is 0.488 e. The summed E-state index contributed by atoms with van der Waals surface area (Å²) in [6.07, 6.45) is 5.75. The number of halogens is 3. The Morgan fingerprint density at radius 3 is 1.95 bits per heavy atom. The standard InChI is InChI=1S/C16H17F3N2O/c1-2-3-4-5-6-7-8-22-16-14(18)12(10-21)11(9-20)13(17)15(16)19/h2-8H2,1H3. The van der Waals surface area contributed by atoms with Gasteiger partial charge in [0.2, 0.25) is 5.82 Å². The van der Waals surface area contributed by atoms with Crippen LogP contribution < -0.4 is 4.74 Å². The second-order valence-electron chi connectivity index (χ2n) is 4.86. The van der Waals surface area contributed by atoms with E-state index in [4.69, 9.17) is 15.3 Å². The van der Waals surface area contributed by atoms with Gasteiger partial charge in [-0.2, -0.15) is 14.9 Å². The van der Waals surface area contributed by atoms with Crippen LogP contribution in [0.4, 0.5) is 13.2 Å². The maximum absolute atomic E-state index is 13.9. The maximum atomic E-state index is 13.9. The fraction of sp³-hybridized carbons (Fsp3) is 0.500. The van der Waals surface area contributed by atoms with Crippen molar-refractivity contribution >= 4 is 0 Å². The third-order valence-electron chi connectivity index (χ3n) is 3.25. The van der Waals surface area contributed by atoms with Crippen molar-refractivity contribution in [2.45, 2.75) is 45.4 Å². The first-order valence-electron chi connectivity index (χ1n) is 7.21. The molecule has 0 aliphatic heterocycles. The Kier molecular flexibility index (Phi) is 7.25. The Morgan fingerprint density at radius 2 is 1.36 bits per heavy atom. The number of rotatable bonds is 8. The lowest BCUT2D eigenvalue weighted by Crippen LogP contribution is -2.07. The zero-order valence-corrected chi connectivity index (χ0v) is 12.4. The molecule has 0 aliphatic rings. The van der Waals surface area contributed by atoms with Crippen molar-refractivity contribution in [1.29, 1.82) is 10.5 Å². The molecule has 6 heteroatoms. The smallest absolute Gasteiger partial charge is 0.205 e. The zero-order valence-electron chi connectivity index (χ0n) is 12.4. The summed E-state index contributed by atoms with van der Waals surface area (Å²) in [6, 6.07) is 2.65. The molecule has 0 fully saturated rings. The number of hydrogen-bond donors (Lipinski definition) is 0. The Labute approximate surface area is 127 Å². The van der Waals surface area contributed by atoms with Gasteiger partial charge in [0.05, 0.1) is 6.61 Å². The van der Waals surface area contributed by atoms with Gasteiger partial charge in [-0.25, -0.2) is 8.78 Å². The second-order valence-corrected chi connectivity index (χ2v) is 4.86. The van der Waals surface area contributed by atoms with Gasteiger partial charge in [0.15, 0.2) is 17.4 Å². The number of hydrogen-bond acceptors (Lipinski definition) is 3. The molecule has 0 heterocycles. The van der Waals surface area contributed by atoms with E-state index < -0.39 is 34.3 Å². The molecule has 0 saturated heterocycles. The minimum Gasteiger partial charge on any atom is -0.488 e. The fourth-order valence-corrected chi connectivity index (χ4v) is 2.03. The van der Waals surface area contributed by atoms with Gasteiger partial charge in [-0.05, 0) is 6.42 Å². The predicted octanol–water partition coefficient (Wildman–Crippen LogP) is 4.59. The number of nitriles is 2. The summed E-state index contributed by atoms with van der Waals surface area (Å²) in [7, 11) is 0. The minimum atomic E-state index is -1.57. The van der Waals surface area contributed by atoms with Crippen molar-refractivity contribution in [2.24, 2.45) is 0 Å². The Bertz CT molecular complexity index is 603. The van der Waals surface area contributed by atoms with Gasteiger partial charge in [-0.15, -0.1) is 0 Å². The van der Waals surface area contributed by atoms with Gasteiger partial charge in [0, 0.05) is 0 Å². The minimum absolute atomic E-state index is 0.0240. The number of ether oxygens (including phenoxy) is 1. The summed E-state index contributed by atoms with van der Waals surface area (Å²) < 4.78 is 46.2. The predicted molar refractivity (Wildman–Crippen MR) is 74.6 cm³/mol. The molecule has 0 spiro atoms. The second kappa shape index (κ2) is 8.94. The van der Waals surface area contributed by atoms with E-state index in [2.05, 4.69) is 6.92 Å². The molecule has 0 N–H and O–H groups in total. The molecule has 0 amide bonds. The zero-order chi connectivity index (χ0) is 16.5. The van der Waals surface area contributed by atoms with E-state index in [1.54, 1.807) is 0 Å².